The van der Waals surface area contributed by atoms with Crippen LogP contribution in [0, 0.1) is 55.4 Å². The summed E-state index contributed by atoms with van der Waals surface area (Å²) in [4.78, 5) is 6.90. The molecular weight excluding hydrogens is 1430 g/mol. The van der Waals surface area contributed by atoms with Crippen molar-refractivity contribution in [2.75, 3.05) is 14.7 Å². The van der Waals surface area contributed by atoms with Gasteiger partial charge in [-0.3, -0.25) is 0 Å². The van der Waals surface area contributed by atoms with Gasteiger partial charge >= 0.3 is 0 Å². The molecule has 0 amide bonds. The highest BCUT2D eigenvalue weighted by atomic mass is 15.2. The lowest BCUT2D eigenvalue weighted by Crippen LogP contribution is -2.09. The van der Waals surface area contributed by atoms with Gasteiger partial charge in [0.25, 0.3) is 0 Å². The molecule has 0 saturated heterocycles. The van der Waals surface area contributed by atoms with Crippen LogP contribution in [0.1, 0.15) is 77.9 Å². The minimum Gasteiger partial charge on any atom is -0.311 e. The van der Waals surface area contributed by atoms with Crippen LogP contribution in [0.3, 0.4) is 0 Å². The molecule has 0 aliphatic rings. The molecule has 18 rings (SSSR count). The second kappa shape index (κ2) is 37.6. The van der Waals surface area contributed by atoms with Gasteiger partial charge in [0.15, 0.2) is 0 Å². The Hall–Kier alpha value is -14.6. The van der Waals surface area contributed by atoms with E-state index in [-0.39, 0.29) is 0 Å². The molecule has 0 N–H and O–H groups in total. The Labute approximate surface area is 697 Å². The predicted octanol–water partition coefficient (Wildman–Crippen LogP) is 32.1. The zero-order valence-electron chi connectivity index (χ0n) is 68.5. The first kappa shape index (κ1) is 78.7. The maximum Gasteiger partial charge on any atom is 0.0543 e. The van der Waals surface area contributed by atoms with Crippen molar-refractivity contribution in [2.24, 2.45) is 0 Å². The minimum atomic E-state index is 1.14. The topological polar surface area (TPSA) is 14.7 Å². The van der Waals surface area contributed by atoms with E-state index in [9.17, 15) is 0 Å². The molecule has 0 atom stereocenters. The fourth-order valence-electron chi connectivity index (χ4n) is 14.8. The van der Waals surface area contributed by atoms with Crippen LogP contribution < -0.4 is 14.7 Å². The van der Waals surface area contributed by atoms with Gasteiger partial charge in [-0.05, 0) is 255 Å². The lowest BCUT2D eigenvalue weighted by atomic mass is 10.0. The van der Waals surface area contributed by atoms with Crippen LogP contribution in [-0.2, 0) is 0 Å². The number of para-hydroxylation sites is 1. The molecule has 4 heteroatoms. The normalized spacial score (nSPS) is 11.1. The van der Waals surface area contributed by atoms with Gasteiger partial charge in [0.2, 0.25) is 0 Å². The molecule has 1 aromatic heterocycles. The molecule has 0 bridgehead atoms. The van der Waals surface area contributed by atoms with Crippen LogP contribution in [0.4, 0.5) is 51.2 Å². The third kappa shape index (κ3) is 19.8. The van der Waals surface area contributed by atoms with Crippen LogP contribution in [0.2, 0.25) is 0 Å². The summed E-state index contributed by atoms with van der Waals surface area (Å²) < 4.78 is 2.37. The molecule has 0 radical (unpaired) electrons. The largest absolute Gasteiger partial charge is 0.311 e. The fraction of sp³-hybridized carbons (Fsp3) is 0.0702. The highest BCUT2D eigenvalue weighted by molar-refractivity contribution is 6.09. The van der Waals surface area contributed by atoms with Crippen LogP contribution in [0.15, 0.2) is 413 Å². The Morgan fingerprint density at radius 2 is 0.441 bits per heavy atom. The first-order valence-electron chi connectivity index (χ1n) is 40.7. The molecule has 0 saturated carbocycles. The van der Waals surface area contributed by atoms with Crippen molar-refractivity contribution in [3.8, 4) is 16.8 Å². The van der Waals surface area contributed by atoms with Gasteiger partial charge in [0, 0.05) is 67.6 Å². The van der Waals surface area contributed by atoms with Gasteiger partial charge in [-0.2, -0.15) is 0 Å². The number of hydrogen-bond donors (Lipinski definition) is 0. The van der Waals surface area contributed by atoms with E-state index in [1.165, 1.54) is 127 Å². The fourth-order valence-corrected chi connectivity index (χ4v) is 14.8. The maximum atomic E-state index is 2.37. The lowest BCUT2D eigenvalue weighted by Gasteiger charge is -2.25. The number of aromatic nitrogens is 1. The van der Waals surface area contributed by atoms with Crippen LogP contribution in [-0.4, -0.2) is 4.57 Å². The van der Waals surface area contributed by atoms with Crippen molar-refractivity contribution >= 4 is 120 Å². The molecule has 0 fully saturated rings. The second-order valence-corrected chi connectivity index (χ2v) is 30.5. The number of hydrogen-bond acceptors (Lipinski definition) is 3. The number of benzene rings is 17. The summed E-state index contributed by atoms with van der Waals surface area (Å²) in [5.41, 5.74) is 33.9. The molecule has 118 heavy (non-hydrogen) atoms. The summed E-state index contributed by atoms with van der Waals surface area (Å²) in [5, 5.41) is 5.18. The van der Waals surface area contributed by atoms with Crippen LogP contribution in [0.5, 0.6) is 0 Å². The van der Waals surface area contributed by atoms with Gasteiger partial charge in [-0.25, -0.2) is 0 Å². The van der Waals surface area contributed by atoms with E-state index in [1.54, 1.807) is 0 Å². The van der Waals surface area contributed by atoms with E-state index in [4.69, 9.17) is 0 Å². The smallest absolute Gasteiger partial charge is 0.0543 e. The van der Waals surface area contributed by atoms with Crippen molar-refractivity contribution in [2.45, 2.75) is 55.4 Å². The number of rotatable bonds is 17. The SMILES string of the molecule is Cc1ccc(N(c2ccc(C)cc2)c2ccc(/C=C/c3ccc(-c4ccccc4)cc3)cc2)cc1.Cc1ccc(N(c2ccc(C)cc2)c2ccc(/C=C/c3cccc4ccccc34)cc2)cc1.Cc1ccc(N(c2ccc(C)cc2)c2ccc(/C=C/c3ccccc3)cc2)cc1.Cc1ccc2c3ccc(C)cc3n(-c3ccccc3)c2c1. The zero-order chi connectivity index (χ0) is 81.1. The number of nitrogens with zero attached hydrogens (tertiary/aromatic N) is 4. The van der Waals surface area contributed by atoms with Crippen LogP contribution >= 0.6 is 0 Å². The van der Waals surface area contributed by atoms with Gasteiger partial charge in [-0.1, -0.05) is 349 Å². The van der Waals surface area contributed by atoms with Crippen molar-refractivity contribution in [3.05, 3.63) is 490 Å². The van der Waals surface area contributed by atoms with E-state index in [0.29, 0.717) is 0 Å². The molecule has 0 spiro atoms. The molecular formula is C114H98N4. The standard InChI is InChI=1S/C34H29N.C32H27N.C28H25N.C20H17N/c1-26-8-20-32(21-9-26)35(33-22-10-27(2)11-23-33)34-24-16-29(17-25-34)13-12-28-14-18-31(19-15-28)30-6-4-3-5-7-30;1-24-10-18-29(19-11-24)33(30-20-12-25(2)13-21-30)31-22-15-26(16-23-31)14-17-28-8-5-7-27-6-3-4-9-32(27)28;1-22-8-16-26(17-9-22)29(27-18-10-23(2)11-19-27)28-20-14-25(15-21-28)13-12-24-6-4-3-5-7-24;1-14-8-10-17-18-11-9-15(2)13-20(18)21(19(17)12-14)16-6-4-3-5-7-16/h3-25H,1-2H3;3-23H,1-2H3;3-21H,1-2H3;3-13H,1-2H3/b13-12+;17-14+;13-12+;. The van der Waals surface area contributed by atoms with Crippen molar-refractivity contribution < 1.29 is 0 Å². The van der Waals surface area contributed by atoms with E-state index in [0.717, 1.165) is 51.2 Å². The molecule has 0 aliphatic carbocycles. The Balaban J connectivity index is 0.000000125. The lowest BCUT2D eigenvalue weighted by molar-refractivity contribution is 1.17. The Morgan fingerprint density at radius 3 is 0.788 bits per heavy atom. The summed E-state index contributed by atoms with van der Waals surface area (Å²) in [6.45, 7) is 17.0. The summed E-state index contributed by atoms with van der Waals surface area (Å²) in [7, 11) is 0. The van der Waals surface area contributed by atoms with Crippen molar-refractivity contribution in [3.63, 3.8) is 0 Å². The van der Waals surface area contributed by atoms with Crippen LogP contribution in [0.25, 0.3) is 85.8 Å². The monoisotopic (exact) mass is 1520 g/mol. The second-order valence-electron chi connectivity index (χ2n) is 30.5. The molecule has 1 heterocycles. The Bertz CT molecular complexity index is 6190. The molecule has 18 aromatic rings. The minimum absolute atomic E-state index is 1.14. The number of fused-ring (bicyclic) bond motifs is 4. The van der Waals surface area contributed by atoms with Crippen molar-refractivity contribution in [1.29, 1.82) is 0 Å². The first-order valence-corrected chi connectivity index (χ1v) is 40.7. The average Bonchev–Trinajstić information content (AvgIpc) is 1.59. The summed E-state index contributed by atoms with van der Waals surface area (Å²) in [6.07, 6.45) is 13.0. The summed E-state index contributed by atoms with van der Waals surface area (Å²) in [6, 6.07) is 147. The third-order valence-corrected chi connectivity index (χ3v) is 21.3. The maximum absolute atomic E-state index is 2.37. The van der Waals surface area contributed by atoms with Gasteiger partial charge in [0.05, 0.1) is 11.0 Å². The Kier molecular flexibility index (Phi) is 25.1. The van der Waals surface area contributed by atoms with E-state index < -0.39 is 0 Å². The predicted molar refractivity (Wildman–Crippen MR) is 511 cm³/mol. The summed E-state index contributed by atoms with van der Waals surface area (Å²) in [5.74, 6) is 0. The van der Waals surface area contributed by atoms with E-state index in [1.807, 2.05) is 12.1 Å². The summed E-state index contributed by atoms with van der Waals surface area (Å²) >= 11 is 0. The molecule has 0 aliphatic heterocycles. The molecule has 4 nitrogen and oxygen atoms in total. The van der Waals surface area contributed by atoms with Gasteiger partial charge < -0.3 is 19.3 Å². The molecule has 17 aromatic carbocycles. The van der Waals surface area contributed by atoms with E-state index in [2.05, 4.69) is 511 Å². The average molecular weight is 1520 g/mol. The quantitative estimate of drug-likeness (QED) is 0.0845. The molecule has 0 unspecified atom stereocenters. The van der Waals surface area contributed by atoms with Gasteiger partial charge in [-0.15, -0.1) is 0 Å². The van der Waals surface area contributed by atoms with E-state index >= 15 is 0 Å². The Morgan fingerprint density at radius 1 is 0.186 bits per heavy atom. The zero-order valence-corrected chi connectivity index (χ0v) is 68.5. The first-order chi connectivity index (χ1) is 57.7. The number of aryl methyl sites for hydroxylation is 8. The number of anilines is 9. The van der Waals surface area contributed by atoms with Crippen molar-refractivity contribution in [1.82, 2.24) is 4.57 Å². The van der Waals surface area contributed by atoms with Gasteiger partial charge in [0.1, 0.15) is 0 Å². The highest BCUT2D eigenvalue weighted by Crippen LogP contribution is 2.40. The molecule has 574 valence electrons. The highest BCUT2D eigenvalue weighted by Gasteiger charge is 2.17. The third-order valence-electron chi connectivity index (χ3n) is 21.3.